The molecule has 1 unspecified atom stereocenters. The molecule has 0 fully saturated rings. The van der Waals surface area contributed by atoms with Crippen molar-refractivity contribution >= 4 is 17.9 Å². The smallest absolute Gasteiger partial charge is 0.306 e. The van der Waals surface area contributed by atoms with Crippen LogP contribution in [0.1, 0.15) is 323 Å². The predicted molar refractivity (Wildman–Crippen MR) is 284 cm³/mol. The second-order valence-electron chi connectivity index (χ2n) is 19.9. The molecule has 388 valence electrons. The monoisotopic (exact) mass is 929 g/mol. The summed E-state index contributed by atoms with van der Waals surface area (Å²) >= 11 is 0. The fraction of sp³-hybridized carbons (Fsp3) is 0.883. The van der Waals surface area contributed by atoms with Crippen LogP contribution in [0.4, 0.5) is 0 Å². The van der Waals surface area contributed by atoms with Crippen LogP contribution in [0, 0.1) is 0 Å². The minimum Gasteiger partial charge on any atom is -0.462 e. The average molecular weight is 930 g/mol. The molecule has 0 saturated carbocycles. The first-order valence-electron chi connectivity index (χ1n) is 29.3. The Bertz CT molecular complexity index is 1070. The SMILES string of the molecule is CCCC/C=C\CCCCCCCC(=O)OCC(COC(=O)CCCCCCCCCCC/C=C\CCCCCCCC)OC(=O)CCCCCCCCCCCCCCCCCCCC. The lowest BCUT2D eigenvalue weighted by Gasteiger charge is -2.18. The predicted octanol–water partition coefficient (Wildman–Crippen LogP) is 19.5. The largest absolute Gasteiger partial charge is 0.462 e. The summed E-state index contributed by atoms with van der Waals surface area (Å²) in [6, 6.07) is 0. The molecule has 6 nitrogen and oxygen atoms in total. The zero-order chi connectivity index (χ0) is 47.9. The summed E-state index contributed by atoms with van der Waals surface area (Å²) in [5.74, 6) is -0.862. The van der Waals surface area contributed by atoms with Gasteiger partial charge in [-0.2, -0.15) is 0 Å². The van der Waals surface area contributed by atoms with Crippen LogP contribution in [0.3, 0.4) is 0 Å². The van der Waals surface area contributed by atoms with Gasteiger partial charge in [-0.1, -0.05) is 263 Å². The van der Waals surface area contributed by atoms with Gasteiger partial charge in [-0.25, -0.2) is 0 Å². The molecule has 0 spiro atoms. The van der Waals surface area contributed by atoms with E-state index in [1.807, 2.05) is 0 Å². The number of ether oxygens (including phenoxy) is 3. The molecule has 0 saturated heterocycles. The number of carbonyl (C=O) groups excluding carboxylic acids is 3. The Balaban J connectivity index is 4.27. The molecule has 0 bridgehead atoms. The molecule has 0 aromatic heterocycles. The summed E-state index contributed by atoms with van der Waals surface area (Å²) < 4.78 is 16.9. The molecule has 0 heterocycles. The van der Waals surface area contributed by atoms with Crippen molar-refractivity contribution in [3.63, 3.8) is 0 Å². The highest BCUT2D eigenvalue weighted by Crippen LogP contribution is 2.17. The Morgan fingerprint density at radius 3 is 0.803 bits per heavy atom. The number of hydrogen-bond donors (Lipinski definition) is 0. The van der Waals surface area contributed by atoms with Crippen LogP contribution in [0.2, 0.25) is 0 Å². The third-order valence-corrected chi connectivity index (χ3v) is 13.2. The summed E-state index contributed by atoms with van der Waals surface area (Å²) in [5.41, 5.74) is 0. The van der Waals surface area contributed by atoms with Gasteiger partial charge < -0.3 is 14.2 Å². The van der Waals surface area contributed by atoms with E-state index in [1.165, 1.54) is 218 Å². The minimum atomic E-state index is -0.771. The van der Waals surface area contributed by atoms with Crippen molar-refractivity contribution in [2.24, 2.45) is 0 Å². The van der Waals surface area contributed by atoms with Gasteiger partial charge in [0.25, 0.3) is 0 Å². The quantitative estimate of drug-likeness (QED) is 0.0262. The number of rotatable bonds is 54. The van der Waals surface area contributed by atoms with Crippen molar-refractivity contribution in [2.45, 2.75) is 329 Å². The average Bonchev–Trinajstić information content (AvgIpc) is 3.31. The topological polar surface area (TPSA) is 78.9 Å². The van der Waals surface area contributed by atoms with Gasteiger partial charge in [0, 0.05) is 19.3 Å². The number of carbonyl (C=O) groups is 3. The van der Waals surface area contributed by atoms with Crippen LogP contribution in [-0.2, 0) is 28.6 Å². The number of unbranched alkanes of at least 4 members (excludes halogenated alkanes) is 39. The number of allylic oxidation sites excluding steroid dienone is 4. The fourth-order valence-electron chi connectivity index (χ4n) is 8.71. The van der Waals surface area contributed by atoms with Crippen LogP contribution in [0.25, 0.3) is 0 Å². The van der Waals surface area contributed by atoms with E-state index in [-0.39, 0.29) is 31.1 Å². The first kappa shape index (κ1) is 63.9. The van der Waals surface area contributed by atoms with Gasteiger partial charge in [-0.3, -0.25) is 14.4 Å². The third-order valence-electron chi connectivity index (χ3n) is 13.2. The summed E-state index contributed by atoms with van der Waals surface area (Å²) in [6.45, 7) is 6.64. The maximum Gasteiger partial charge on any atom is 0.306 e. The Morgan fingerprint density at radius 2 is 0.515 bits per heavy atom. The lowest BCUT2D eigenvalue weighted by molar-refractivity contribution is -0.167. The first-order chi connectivity index (χ1) is 32.5. The zero-order valence-corrected chi connectivity index (χ0v) is 44.5. The molecular formula is C60H112O6. The minimum absolute atomic E-state index is 0.0706. The van der Waals surface area contributed by atoms with E-state index in [0.717, 1.165) is 64.2 Å². The number of esters is 3. The molecule has 0 amide bonds. The molecule has 0 radical (unpaired) electrons. The van der Waals surface area contributed by atoms with Gasteiger partial charge in [-0.05, 0) is 64.2 Å². The molecule has 6 heteroatoms. The van der Waals surface area contributed by atoms with E-state index in [4.69, 9.17) is 14.2 Å². The van der Waals surface area contributed by atoms with Crippen LogP contribution >= 0.6 is 0 Å². The second-order valence-corrected chi connectivity index (χ2v) is 19.9. The van der Waals surface area contributed by atoms with Gasteiger partial charge in [0.2, 0.25) is 0 Å². The maximum absolute atomic E-state index is 12.8. The summed E-state index contributed by atoms with van der Waals surface area (Å²) in [5, 5.41) is 0. The number of hydrogen-bond acceptors (Lipinski definition) is 6. The molecule has 0 aromatic rings. The summed E-state index contributed by atoms with van der Waals surface area (Å²) in [4.78, 5) is 38.1. The molecule has 0 aliphatic heterocycles. The molecule has 0 aliphatic carbocycles. The van der Waals surface area contributed by atoms with E-state index < -0.39 is 6.10 Å². The highest BCUT2D eigenvalue weighted by molar-refractivity contribution is 5.71. The normalized spacial score (nSPS) is 12.1. The Hall–Kier alpha value is -2.11. The molecule has 0 rings (SSSR count). The molecule has 1 atom stereocenters. The third kappa shape index (κ3) is 52.9. The summed E-state index contributed by atoms with van der Waals surface area (Å²) in [7, 11) is 0. The van der Waals surface area contributed by atoms with E-state index in [1.54, 1.807) is 0 Å². The van der Waals surface area contributed by atoms with E-state index >= 15 is 0 Å². The molecule has 0 N–H and O–H groups in total. The molecule has 0 aliphatic rings. The summed E-state index contributed by atoms with van der Waals surface area (Å²) in [6.07, 6.45) is 64.6. The first-order valence-corrected chi connectivity index (χ1v) is 29.3. The van der Waals surface area contributed by atoms with Crippen molar-refractivity contribution in [2.75, 3.05) is 13.2 Å². The van der Waals surface area contributed by atoms with Crippen molar-refractivity contribution in [3.05, 3.63) is 24.3 Å². The highest BCUT2D eigenvalue weighted by Gasteiger charge is 2.19. The van der Waals surface area contributed by atoms with Crippen molar-refractivity contribution < 1.29 is 28.6 Å². The molecule has 0 aromatic carbocycles. The van der Waals surface area contributed by atoms with Crippen molar-refractivity contribution in [1.29, 1.82) is 0 Å². The lowest BCUT2D eigenvalue weighted by atomic mass is 10.0. The van der Waals surface area contributed by atoms with Crippen LogP contribution < -0.4 is 0 Å². The van der Waals surface area contributed by atoms with Gasteiger partial charge >= 0.3 is 17.9 Å². The van der Waals surface area contributed by atoms with Gasteiger partial charge in [0.1, 0.15) is 13.2 Å². The fourth-order valence-corrected chi connectivity index (χ4v) is 8.71. The Morgan fingerprint density at radius 1 is 0.288 bits per heavy atom. The van der Waals surface area contributed by atoms with Crippen LogP contribution in [0.15, 0.2) is 24.3 Å². The van der Waals surface area contributed by atoms with Gasteiger partial charge in [0.05, 0.1) is 0 Å². The Kier molecular flexibility index (Phi) is 53.7. The van der Waals surface area contributed by atoms with Crippen molar-refractivity contribution in [3.8, 4) is 0 Å². The van der Waals surface area contributed by atoms with Crippen LogP contribution in [-0.4, -0.2) is 37.2 Å². The van der Waals surface area contributed by atoms with E-state index in [9.17, 15) is 14.4 Å². The Labute approximate surface area is 411 Å². The van der Waals surface area contributed by atoms with Crippen LogP contribution in [0.5, 0.6) is 0 Å². The standard InChI is InChI=1S/C60H112O6/c1-4-7-10-13-16-19-22-24-26-28-30-32-33-35-38-41-44-47-50-53-59(62)65-56-57(55-64-58(61)52-49-46-43-40-37-21-18-15-12-9-6-3)66-60(63)54-51-48-45-42-39-36-34-31-29-27-25-23-20-17-14-11-8-5-2/h15,18,24,26,57H,4-14,16-17,19-23,25,27-56H2,1-3H3/b18-15-,26-24-. The molecule has 66 heavy (non-hydrogen) atoms. The molecular weight excluding hydrogens is 817 g/mol. The zero-order valence-electron chi connectivity index (χ0n) is 44.5. The van der Waals surface area contributed by atoms with Crippen molar-refractivity contribution in [1.82, 2.24) is 0 Å². The van der Waals surface area contributed by atoms with Gasteiger partial charge in [-0.15, -0.1) is 0 Å². The second kappa shape index (κ2) is 55.5. The van der Waals surface area contributed by atoms with E-state index in [2.05, 4.69) is 45.1 Å². The van der Waals surface area contributed by atoms with E-state index in [0.29, 0.717) is 19.3 Å². The highest BCUT2D eigenvalue weighted by atomic mass is 16.6. The van der Waals surface area contributed by atoms with Gasteiger partial charge in [0.15, 0.2) is 6.10 Å². The lowest BCUT2D eigenvalue weighted by Crippen LogP contribution is -2.30. The maximum atomic E-state index is 12.8.